The second kappa shape index (κ2) is 8.09. The molecule has 2 aliphatic heterocycles. The van der Waals surface area contributed by atoms with E-state index in [1.54, 1.807) is 18.5 Å². The summed E-state index contributed by atoms with van der Waals surface area (Å²) in [6.45, 7) is 1.83. The van der Waals surface area contributed by atoms with Gasteiger partial charge in [0.1, 0.15) is 11.5 Å². The SMILES string of the molecule is Cc1ccc(-c2ncccn2)c(C(=O)N2[C@@H]3CC[C@H]2[C@H](Nc2ccc(C(F)(F)F)cn2)C3)n1. The fourth-order valence-corrected chi connectivity index (χ4v) is 4.76. The molecule has 0 saturated carbocycles. The van der Waals surface area contributed by atoms with Crippen LogP contribution in [0.2, 0.25) is 0 Å². The highest BCUT2D eigenvalue weighted by Gasteiger charge is 2.49. The van der Waals surface area contributed by atoms with Gasteiger partial charge in [-0.3, -0.25) is 4.79 Å². The van der Waals surface area contributed by atoms with E-state index in [4.69, 9.17) is 0 Å². The Balaban J connectivity index is 1.39. The first kappa shape index (κ1) is 21.3. The van der Waals surface area contributed by atoms with Crippen LogP contribution in [0, 0.1) is 6.92 Å². The van der Waals surface area contributed by atoms with Gasteiger partial charge in [-0.1, -0.05) is 0 Å². The number of hydrogen-bond donors (Lipinski definition) is 1. The Labute approximate surface area is 188 Å². The molecule has 10 heteroatoms. The highest BCUT2D eigenvalue weighted by atomic mass is 19.4. The molecule has 33 heavy (non-hydrogen) atoms. The molecule has 0 radical (unpaired) electrons. The van der Waals surface area contributed by atoms with Gasteiger partial charge in [0.05, 0.1) is 17.2 Å². The normalized spacial score (nSPS) is 21.9. The summed E-state index contributed by atoms with van der Waals surface area (Å²) in [4.78, 5) is 32.5. The number of carbonyl (C=O) groups excluding carboxylic acids is 1. The Kier molecular flexibility index (Phi) is 5.22. The Hall–Kier alpha value is -3.56. The summed E-state index contributed by atoms with van der Waals surface area (Å²) in [5, 5.41) is 3.23. The van der Waals surface area contributed by atoms with Gasteiger partial charge in [0.25, 0.3) is 5.91 Å². The average molecular weight is 454 g/mol. The first-order chi connectivity index (χ1) is 15.8. The van der Waals surface area contributed by atoms with Crippen molar-refractivity contribution in [1.29, 1.82) is 0 Å². The van der Waals surface area contributed by atoms with Crippen LogP contribution in [0.1, 0.15) is 41.0 Å². The molecular formula is C23H21F3N6O. The van der Waals surface area contributed by atoms with Crippen molar-refractivity contribution < 1.29 is 18.0 Å². The number of aryl methyl sites for hydroxylation is 1. The van der Waals surface area contributed by atoms with Crippen molar-refractivity contribution in [3.05, 3.63) is 65.9 Å². The fraction of sp³-hybridized carbons (Fsp3) is 0.348. The van der Waals surface area contributed by atoms with E-state index in [0.29, 0.717) is 35.0 Å². The molecule has 2 saturated heterocycles. The molecule has 0 spiro atoms. The zero-order valence-corrected chi connectivity index (χ0v) is 17.8. The van der Waals surface area contributed by atoms with Gasteiger partial charge in [-0.15, -0.1) is 0 Å². The Morgan fingerprint density at radius 1 is 1.09 bits per heavy atom. The van der Waals surface area contributed by atoms with Crippen LogP contribution in [0.4, 0.5) is 19.0 Å². The third-order valence-electron chi connectivity index (χ3n) is 6.24. The number of nitrogens with zero attached hydrogens (tertiary/aromatic N) is 5. The van der Waals surface area contributed by atoms with Crippen molar-refractivity contribution in [1.82, 2.24) is 24.8 Å². The standard InChI is InChI=1S/C23H21F3N6O/c1-13-3-6-16(21-27-9-2-10-28-21)20(30-13)22(33)32-15-5-7-18(32)17(11-15)31-19-8-4-14(12-29-19)23(24,25)26/h2-4,6,8-10,12,15,17-18H,5,7,11H2,1H3,(H,29,31)/t15-,17-,18+/m1/s1. The Morgan fingerprint density at radius 3 is 2.58 bits per heavy atom. The lowest BCUT2D eigenvalue weighted by Gasteiger charge is -2.26. The molecule has 3 aromatic heterocycles. The van der Waals surface area contributed by atoms with Gasteiger partial charge in [-0.2, -0.15) is 13.2 Å². The second-order valence-corrected chi connectivity index (χ2v) is 8.35. The van der Waals surface area contributed by atoms with Crippen molar-refractivity contribution in [2.45, 2.75) is 50.5 Å². The number of alkyl halides is 3. The average Bonchev–Trinajstić information content (AvgIpc) is 3.36. The van der Waals surface area contributed by atoms with Crippen LogP contribution < -0.4 is 5.32 Å². The van der Waals surface area contributed by atoms with E-state index in [1.807, 2.05) is 24.0 Å². The quantitative estimate of drug-likeness (QED) is 0.639. The van der Waals surface area contributed by atoms with Crippen LogP contribution in [0.5, 0.6) is 0 Å². The lowest BCUT2D eigenvalue weighted by Crippen LogP contribution is -2.40. The number of amides is 1. The maximum Gasteiger partial charge on any atom is 0.417 e. The molecule has 0 aliphatic carbocycles. The van der Waals surface area contributed by atoms with Crippen LogP contribution >= 0.6 is 0 Å². The van der Waals surface area contributed by atoms with Gasteiger partial charge >= 0.3 is 6.18 Å². The van der Waals surface area contributed by atoms with Gasteiger partial charge in [-0.25, -0.2) is 19.9 Å². The molecule has 0 unspecified atom stereocenters. The highest BCUT2D eigenvalue weighted by molar-refractivity contribution is 5.99. The molecule has 7 nitrogen and oxygen atoms in total. The first-order valence-electron chi connectivity index (χ1n) is 10.7. The molecule has 2 bridgehead atoms. The number of rotatable bonds is 4. The molecule has 2 fully saturated rings. The fourth-order valence-electron chi connectivity index (χ4n) is 4.76. The van der Waals surface area contributed by atoms with E-state index >= 15 is 0 Å². The van der Waals surface area contributed by atoms with Crippen LogP contribution in [0.3, 0.4) is 0 Å². The van der Waals surface area contributed by atoms with Gasteiger partial charge in [0.2, 0.25) is 0 Å². The topological polar surface area (TPSA) is 83.9 Å². The summed E-state index contributed by atoms with van der Waals surface area (Å²) < 4.78 is 38.4. The molecule has 0 aromatic carbocycles. The number of pyridine rings is 2. The van der Waals surface area contributed by atoms with Crippen LogP contribution in [-0.4, -0.2) is 48.9 Å². The third kappa shape index (κ3) is 4.01. The van der Waals surface area contributed by atoms with Gasteiger partial charge in [0, 0.05) is 36.4 Å². The largest absolute Gasteiger partial charge is 0.417 e. The molecule has 1 N–H and O–H groups in total. The smallest absolute Gasteiger partial charge is 0.365 e. The van der Waals surface area contributed by atoms with E-state index in [1.165, 1.54) is 6.07 Å². The predicted molar refractivity (Wildman–Crippen MR) is 114 cm³/mol. The number of halogens is 3. The van der Waals surface area contributed by atoms with Crippen molar-refractivity contribution in [2.24, 2.45) is 0 Å². The third-order valence-corrected chi connectivity index (χ3v) is 6.24. The van der Waals surface area contributed by atoms with Crippen molar-refractivity contribution in [2.75, 3.05) is 5.32 Å². The zero-order chi connectivity index (χ0) is 23.2. The summed E-state index contributed by atoms with van der Waals surface area (Å²) in [7, 11) is 0. The first-order valence-corrected chi connectivity index (χ1v) is 10.7. The molecule has 1 amide bonds. The summed E-state index contributed by atoms with van der Waals surface area (Å²) in [5.41, 5.74) is 0.810. The lowest BCUT2D eigenvalue weighted by atomic mass is 9.95. The second-order valence-electron chi connectivity index (χ2n) is 8.35. The number of hydrogen-bond acceptors (Lipinski definition) is 6. The molecule has 2 aliphatic rings. The van der Waals surface area contributed by atoms with E-state index in [9.17, 15) is 18.0 Å². The number of carbonyl (C=O) groups is 1. The van der Waals surface area contributed by atoms with E-state index in [-0.39, 0.29) is 24.0 Å². The van der Waals surface area contributed by atoms with Gasteiger partial charge < -0.3 is 10.2 Å². The minimum absolute atomic E-state index is 0.0290. The number of anilines is 1. The number of fused-ring (bicyclic) bond motifs is 2. The van der Waals surface area contributed by atoms with E-state index < -0.39 is 11.7 Å². The van der Waals surface area contributed by atoms with Crippen molar-refractivity contribution >= 4 is 11.7 Å². The lowest BCUT2D eigenvalue weighted by molar-refractivity contribution is -0.137. The van der Waals surface area contributed by atoms with E-state index in [2.05, 4.69) is 25.3 Å². The van der Waals surface area contributed by atoms with Crippen LogP contribution in [0.15, 0.2) is 48.9 Å². The van der Waals surface area contributed by atoms with Crippen LogP contribution in [-0.2, 0) is 6.18 Å². The van der Waals surface area contributed by atoms with Gasteiger partial charge in [0.15, 0.2) is 5.82 Å². The maximum atomic E-state index is 13.6. The number of nitrogens with one attached hydrogen (secondary N) is 1. The monoisotopic (exact) mass is 454 g/mol. The summed E-state index contributed by atoms with van der Waals surface area (Å²) in [6, 6.07) is 7.51. The minimum atomic E-state index is -4.43. The molecule has 170 valence electrons. The van der Waals surface area contributed by atoms with Crippen molar-refractivity contribution in [3.63, 3.8) is 0 Å². The molecule has 5 heterocycles. The van der Waals surface area contributed by atoms with E-state index in [0.717, 1.165) is 25.1 Å². The summed E-state index contributed by atoms with van der Waals surface area (Å²) in [6.07, 6.45) is 2.00. The maximum absolute atomic E-state index is 13.6. The number of aromatic nitrogens is 4. The molecule has 5 rings (SSSR count). The zero-order valence-electron chi connectivity index (χ0n) is 17.8. The Morgan fingerprint density at radius 2 is 1.88 bits per heavy atom. The Bertz CT molecular complexity index is 1170. The van der Waals surface area contributed by atoms with Gasteiger partial charge in [-0.05, 0) is 56.5 Å². The molecule has 3 aromatic rings. The summed E-state index contributed by atoms with van der Waals surface area (Å²) in [5.74, 6) is 0.613. The molecule has 3 atom stereocenters. The molecular weight excluding hydrogens is 433 g/mol. The predicted octanol–water partition coefficient (Wildman–Crippen LogP) is 4.12. The van der Waals surface area contributed by atoms with Crippen LogP contribution in [0.25, 0.3) is 11.4 Å². The highest BCUT2D eigenvalue weighted by Crippen LogP contribution is 2.40. The minimum Gasteiger partial charge on any atom is -0.365 e. The van der Waals surface area contributed by atoms with Crippen molar-refractivity contribution in [3.8, 4) is 11.4 Å². The summed E-state index contributed by atoms with van der Waals surface area (Å²) >= 11 is 0.